The first-order valence-corrected chi connectivity index (χ1v) is 7.88. The van der Waals surface area contributed by atoms with Crippen LogP contribution in [0.3, 0.4) is 0 Å². The van der Waals surface area contributed by atoms with E-state index in [-0.39, 0.29) is 0 Å². The van der Waals surface area contributed by atoms with Crippen LogP contribution in [-0.2, 0) is 0 Å². The van der Waals surface area contributed by atoms with Crippen LogP contribution in [0, 0.1) is 11.8 Å². The zero-order chi connectivity index (χ0) is 17.1. The molecule has 25 heavy (non-hydrogen) atoms. The molecule has 4 nitrogen and oxygen atoms in total. The van der Waals surface area contributed by atoms with Crippen LogP contribution in [0.15, 0.2) is 73.3 Å². The Hall–Kier alpha value is -3.58. The molecule has 0 N–H and O–H groups in total. The molecule has 0 unspecified atom stereocenters. The van der Waals surface area contributed by atoms with Crippen molar-refractivity contribution in [1.29, 1.82) is 0 Å². The molecule has 0 amide bonds. The second-order valence-corrected chi connectivity index (χ2v) is 5.51. The van der Waals surface area contributed by atoms with E-state index >= 15 is 0 Å². The van der Waals surface area contributed by atoms with Crippen molar-refractivity contribution in [2.75, 3.05) is 7.11 Å². The fourth-order valence-corrected chi connectivity index (χ4v) is 2.70. The Morgan fingerprint density at radius 2 is 1.84 bits per heavy atom. The number of nitrogens with zero attached hydrogens (tertiary/aromatic N) is 3. The van der Waals surface area contributed by atoms with Gasteiger partial charge in [0.1, 0.15) is 11.3 Å². The molecule has 0 spiro atoms. The fraction of sp³-hybridized carbons (Fsp3) is 0.0476. The highest BCUT2D eigenvalue weighted by molar-refractivity contribution is 5.76. The molecule has 0 saturated carbocycles. The minimum absolute atomic E-state index is 0.745. The lowest BCUT2D eigenvalue weighted by atomic mass is 10.1. The monoisotopic (exact) mass is 325 g/mol. The van der Waals surface area contributed by atoms with Gasteiger partial charge < -0.3 is 4.74 Å². The Kier molecular flexibility index (Phi) is 3.89. The van der Waals surface area contributed by atoms with E-state index < -0.39 is 0 Å². The molecule has 4 heteroatoms. The second-order valence-electron chi connectivity index (χ2n) is 5.51. The van der Waals surface area contributed by atoms with Crippen LogP contribution >= 0.6 is 0 Å². The minimum Gasteiger partial charge on any atom is -0.494 e. The lowest BCUT2D eigenvalue weighted by molar-refractivity contribution is 0.417. The maximum absolute atomic E-state index is 5.60. The van der Waals surface area contributed by atoms with Crippen LogP contribution in [0.4, 0.5) is 0 Å². The summed E-state index contributed by atoms with van der Waals surface area (Å²) in [5.41, 5.74) is 4.70. The average molecular weight is 325 g/mol. The summed E-state index contributed by atoms with van der Waals surface area (Å²) in [5, 5.41) is 4.44. The Bertz CT molecular complexity index is 1070. The number of hydrogen-bond acceptors (Lipinski definition) is 3. The smallest absolute Gasteiger partial charge is 0.146 e. The number of pyridine rings is 2. The zero-order valence-corrected chi connectivity index (χ0v) is 13.7. The van der Waals surface area contributed by atoms with Gasteiger partial charge in [-0.25, -0.2) is 4.52 Å². The number of rotatable bonds is 2. The third kappa shape index (κ3) is 2.96. The summed E-state index contributed by atoms with van der Waals surface area (Å²) in [6.45, 7) is 0. The van der Waals surface area contributed by atoms with Gasteiger partial charge in [-0.15, -0.1) is 0 Å². The predicted molar refractivity (Wildman–Crippen MR) is 97.4 cm³/mol. The summed E-state index contributed by atoms with van der Waals surface area (Å²) < 4.78 is 7.41. The maximum Gasteiger partial charge on any atom is 0.146 e. The van der Waals surface area contributed by atoms with Gasteiger partial charge in [0.2, 0.25) is 0 Å². The molecule has 0 aliphatic carbocycles. The normalized spacial score (nSPS) is 10.3. The molecule has 0 saturated heterocycles. The first-order chi connectivity index (χ1) is 12.3. The van der Waals surface area contributed by atoms with Crippen LogP contribution in [0.2, 0.25) is 0 Å². The summed E-state index contributed by atoms with van der Waals surface area (Å²) in [5.74, 6) is 7.02. The first kappa shape index (κ1) is 15.0. The highest BCUT2D eigenvalue weighted by Gasteiger charge is 2.11. The van der Waals surface area contributed by atoms with Crippen molar-refractivity contribution in [3.8, 4) is 28.7 Å². The molecule has 0 radical (unpaired) electrons. The van der Waals surface area contributed by atoms with Crippen LogP contribution < -0.4 is 4.74 Å². The number of benzene rings is 1. The van der Waals surface area contributed by atoms with Crippen molar-refractivity contribution in [2.24, 2.45) is 0 Å². The average Bonchev–Trinajstić information content (AvgIpc) is 3.10. The topological polar surface area (TPSA) is 39.4 Å². The van der Waals surface area contributed by atoms with Gasteiger partial charge in [0.25, 0.3) is 0 Å². The highest BCUT2D eigenvalue weighted by Crippen LogP contribution is 2.29. The largest absolute Gasteiger partial charge is 0.494 e. The summed E-state index contributed by atoms with van der Waals surface area (Å²) in [7, 11) is 1.66. The second kappa shape index (κ2) is 6.50. The van der Waals surface area contributed by atoms with Gasteiger partial charge in [-0.05, 0) is 23.8 Å². The Morgan fingerprint density at radius 1 is 0.960 bits per heavy atom. The summed E-state index contributed by atoms with van der Waals surface area (Å²) in [6.07, 6.45) is 7.22. The van der Waals surface area contributed by atoms with E-state index in [4.69, 9.17) is 4.74 Å². The third-order valence-electron chi connectivity index (χ3n) is 3.91. The van der Waals surface area contributed by atoms with Crippen molar-refractivity contribution >= 4 is 5.52 Å². The van der Waals surface area contributed by atoms with E-state index in [1.54, 1.807) is 25.7 Å². The Balaban J connectivity index is 1.83. The van der Waals surface area contributed by atoms with Gasteiger partial charge in [0, 0.05) is 29.7 Å². The quantitative estimate of drug-likeness (QED) is 0.526. The van der Waals surface area contributed by atoms with Crippen LogP contribution in [0.25, 0.3) is 16.6 Å². The van der Waals surface area contributed by atoms with Gasteiger partial charge in [0.15, 0.2) is 0 Å². The lowest BCUT2D eigenvalue weighted by Crippen LogP contribution is -1.94. The lowest BCUT2D eigenvalue weighted by Gasteiger charge is -2.08. The summed E-state index contributed by atoms with van der Waals surface area (Å²) in [4.78, 5) is 4.08. The Morgan fingerprint density at radius 3 is 2.60 bits per heavy atom. The molecule has 0 bridgehead atoms. The third-order valence-corrected chi connectivity index (χ3v) is 3.91. The van der Waals surface area contributed by atoms with E-state index in [0.717, 1.165) is 33.5 Å². The Labute approximate surface area is 145 Å². The van der Waals surface area contributed by atoms with Crippen molar-refractivity contribution in [3.05, 3.63) is 84.4 Å². The number of fused-ring (bicyclic) bond motifs is 1. The van der Waals surface area contributed by atoms with E-state index in [1.807, 2.05) is 47.1 Å². The van der Waals surface area contributed by atoms with Gasteiger partial charge in [-0.2, -0.15) is 5.10 Å². The van der Waals surface area contributed by atoms with Crippen molar-refractivity contribution in [1.82, 2.24) is 14.6 Å². The van der Waals surface area contributed by atoms with E-state index in [2.05, 4.69) is 34.1 Å². The molecule has 3 heterocycles. The van der Waals surface area contributed by atoms with E-state index in [9.17, 15) is 0 Å². The molecule has 120 valence electrons. The molecule has 0 atom stereocenters. The highest BCUT2D eigenvalue weighted by atomic mass is 16.5. The number of methoxy groups -OCH3 is 1. The summed E-state index contributed by atoms with van der Waals surface area (Å²) in [6, 6.07) is 16.0. The number of ether oxygens (including phenoxy) is 1. The van der Waals surface area contributed by atoms with Crippen molar-refractivity contribution in [3.63, 3.8) is 0 Å². The molecule has 4 rings (SSSR count). The molecular formula is C21H15N3O. The van der Waals surface area contributed by atoms with Crippen molar-refractivity contribution < 1.29 is 4.74 Å². The van der Waals surface area contributed by atoms with Crippen LogP contribution in [0.5, 0.6) is 5.75 Å². The zero-order valence-electron chi connectivity index (χ0n) is 13.7. The van der Waals surface area contributed by atoms with E-state index in [1.165, 1.54) is 0 Å². The SMILES string of the molecule is COc1cc(-c2ccccc2)cn2ncc(C#Cc3cccnc3)c12. The van der Waals surface area contributed by atoms with Crippen molar-refractivity contribution in [2.45, 2.75) is 0 Å². The molecule has 0 fully saturated rings. The van der Waals surface area contributed by atoms with E-state index in [0.29, 0.717) is 0 Å². The van der Waals surface area contributed by atoms with Crippen LogP contribution in [0.1, 0.15) is 11.1 Å². The van der Waals surface area contributed by atoms with Crippen LogP contribution in [-0.4, -0.2) is 21.7 Å². The van der Waals surface area contributed by atoms with Gasteiger partial charge in [-0.3, -0.25) is 4.98 Å². The molecule has 1 aromatic carbocycles. The number of aromatic nitrogens is 3. The van der Waals surface area contributed by atoms with Gasteiger partial charge in [0.05, 0.1) is 18.9 Å². The van der Waals surface area contributed by atoms with Gasteiger partial charge >= 0.3 is 0 Å². The molecule has 3 aromatic heterocycles. The molecule has 0 aliphatic rings. The molecule has 0 aliphatic heterocycles. The molecular weight excluding hydrogens is 310 g/mol. The first-order valence-electron chi connectivity index (χ1n) is 7.88. The standard InChI is InChI=1S/C21H15N3O/c1-25-20-12-19(17-7-3-2-4-8-17)15-24-21(20)18(14-23-24)10-9-16-6-5-11-22-13-16/h2-8,11-15H,1H3. The predicted octanol–water partition coefficient (Wildman–Crippen LogP) is 3.80. The summed E-state index contributed by atoms with van der Waals surface area (Å²) >= 11 is 0. The maximum atomic E-state index is 5.60. The fourth-order valence-electron chi connectivity index (χ4n) is 2.70. The minimum atomic E-state index is 0.745. The molecule has 4 aromatic rings. The number of hydrogen-bond donors (Lipinski definition) is 0. The van der Waals surface area contributed by atoms with Gasteiger partial charge in [-0.1, -0.05) is 42.2 Å².